The molecule has 3 rings (SSSR count). The minimum atomic E-state index is 0.302. The van der Waals surface area contributed by atoms with E-state index in [9.17, 15) is 10.2 Å². The van der Waals surface area contributed by atoms with Crippen molar-refractivity contribution in [3.63, 3.8) is 0 Å². The number of benzene rings is 2. The van der Waals surface area contributed by atoms with Crippen LogP contribution in [0.3, 0.4) is 0 Å². The lowest BCUT2D eigenvalue weighted by atomic mass is 9.89. The zero-order valence-corrected chi connectivity index (χ0v) is 14.8. The molecular formula is C23H26O2. The largest absolute Gasteiger partial charge is 0.508 e. The highest BCUT2D eigenvalue weighted by molar-refractivity contribution is 5.78. The summed E-state index contributed by atoms with van der Waals surface area (Å²) in [5.41, 5.74) is 6.05. The molecule has 2 N–H and O–H groups in total. The maximum absolute atomic E-state index is 10.1. The van der Waals surface area contributed by atoms with Crippen molar-refractivity contribution >= 4 is 11.1 Å². The summed E-state index contributed by atoms with van der Waals surface area (Å²) in [5, 5.41) is 19.5. The molecule has 25 heavy (non-hydrogen) atoms. The van der Waals surface area contributed by atoms with Gasteiger partial charge in [-0.1, -0.05) is 50.1 Å². The fraction of sp³-hybridized carbons (Fsp3) is 0.304. The Hall–Kier alpha value is -2.48. The molecule has 0 aliphatic heterocycles. The van der Waals surface area contributed by atoms with Crippen LogP contribution in [0, 0.1) is 0 Å². The van der Waals surface area contributed by atoms with Gasteiger partial charge in [-0.3, -0.25) is 0 Å². The second-order valence-corrected chi connectivity index (χ2v) is 6.71. The van der Waals surface area contributed by atoms with Gasteiger partial charge in [-0.25, -0.2) is 0 Å². The van der Waals surface area contributed by atoms with Gasteiger partial charge in [-0.05, 0) is 77.8 Å². The van der Waals surface area contributed by atoms with E-state index in [2.05, 4.69) is 25.1 Å². The minimum Gasteiger partial charge on any atom is -0.508 e. The van der Waals surface area contributed by atoms with Crippen molar-refractivity contribution in [3.05, 3.63) is 71.3 Å². The first-order chi connectivity index (χ1) is 12.2. The van der Waals surface area contributed by atoms with Crippen LogP contribution >= 0.6 is 0 Å². The summed E-state index contributed by atoms with van der Waals surface area (Å²) in [5.74, 6) is 0.715. The third kappa shape index (κ3) is 4.33. The highest BCUT2D eigenvalue weighted by atomic mass is 16.3. The molecule has 0 heterocycles. The monoisotopic (exact) mass is 334 g/mol. The molecule has 0 bridgehead atoms. The van der Waals surface area contributed by atoms with Crippen LogP contribution in [0.4, 0.5) is 0 Å². The summed E-state index contributed by atoms with van der Waals surface area (Å²) in [6.07, 6.45) is 10.8. The van der Waals surface area contributed by atoms with Crippen molar-refractivity contribution in [1.29, 1.82) is 0 Å². The molecule has 130 valence electrons. The summed E-state index contributed by atoms with van der Waals surface area (Å²) in [6.45, 7) is 2.20. The van der Waals surface area contributed by atoms with Gasteiger partial charge in [0.25, 0.3) is 0 Å². The van der Waals surface area contributed by atoms with E-state index in [1.54, 1.807) is 12.1 Å². The van der Waals surface area contributed by atoms with Crippen LogP contribution in [0.5, 0.6) is 11.5 Å². The SMILES string of the molecule is CCCCCc1cc(C2=CCC(c3ccc(O)cc3)=CC2)ccc1O. The predicted molar refractivity (Wildman–Crippen MR) is 105 cm³/mol. The van der Waals surface area contributed by atoms with Gasteiger partial charge in [0, 0.05) is 0 Å². The Kier molecular flexibility index (Phi) is 5.60. The molecule has 0 aromatic heterocycles. The summed E-state index contributed by atoms with van der Waals surface area (Å²) < 4.78 is 0. The lowest BCUT2D eigenvalue weighted by molar-refractivity contribution is 0.466. The normalized spacial score (nSPS) is 14.1. The molecule has 0 saturated heterocycles. The van der Waals surface area contributed by atoms with E-state index in [1.807, 2.05) is 24.3 Å². The van der Waals surface area contributed by atoms with E-state index in [1.165, 1.54) is 35.1 Å². The van der Waals surface area contributed by atoms with Gasteiger partial charge in [-0.2, -0.15) is 0 Å². The molecule has 2 heteroatoms. The van der Waals surface area contributed by atoms with Crippen LogP contribution in [0.15, 0.2) is 54.6 Å². The second kappa shape index (κ2) is 8.06. The van der Waals surface area contributed by atoms with Crippen molar-refractivity contribution in [2.75, 3.05) is 0 Å². The number of phenolic OH excluding ortho intramolecular Hbond substituents is 2. The molecule has 0 fully saturated rings. The number of aryl methyl sites for hydroxylation is 1. The Morgan fingerprint density at radius 1 is 0.800 bits per heavy atom. The van der Waals surface area contributed by atoms with Gasteiger partial charge in [0.2, 0.25) is 0 Å². The second-order valence-electron chi connectivity index (χ2n) is 6.71. The highest BCUT2D eigenvalue weighted by Crippen LogP contribution is 2.33. The predicted octanol–water partition coefficient (Wildman–Crippen LogP) is 6.09. The number of rotatable bonds is 6. The van der Waals surface area contributed by atoms with E-state index in [0.29, 0.717) is 11.5 Å². The molecule has 0 spiro atoms. The molecule has 0 radical (unpaired) electrons. The van der Waals surface area contributed by atoms with Gasteiger partial charge < -0.3 is 10.2 Å². The molecule has 2 aromatic rings. The summed E-state index contributed by atoms with van der Waals surface area (Å²) in [6, 6.07) is 13.4. The quantitative estimate of drug-likeness (QED) is 0.627. The molecule has 0 saturated carbocycles. The van der Waals surface area contributed by atoms with Crippen molar-refractivity contribution in [3.8, 4) is 11.5 Å². The fourth-order valence-corrected chi connectivity index (χ4v) is 3.33. The standard InChI is InChI=1S/C23H26O2/c1-2-3-4-5-21-16-20(12-15-23(21)25)19-8-6-17(7-9-19)18-10-13-22(24)14-11-18/h6,9-16,24-25H,2-5,7-8H2,1H3. The van der Waals surface area contributed by atoms with Crippen LogP contribution in [0.2, 0.25) is 0 Å². The van der Waals surface area contributed by atoms with Crippen LogP contribution in [-0.4, -0.2) is 10.2 Å². The van der Waals surface area contributed by atoms with E-state index >= 15 is 0 Å². The molecule has 2 aromatic carbocycles. The van der Waals surface area contributed by atoms with Gasteiger partial charge in [0.15, 0.2) is 0 Å². The third-order valence-corrected chi connectivity index (χ3v) is 4.87. The fourth-order valence-electron chi connectivity index (χ4n) is 3.33. The zero-order valence-electron chi connectivity index (χ0n) is 14.8. The number of unbranched alkanes of at least 4 members (excludes halogenated alkanes) is 2. The molecule has 1 aliphatic rings. The first-order valence-corrected chi connectivity index (χ1v) is 9.17. The zero-order chi connectivity index (χ0) is 17.6. The van der Waals surface area contributed by atoms with Crippen molar-refractivity contribution < 1.29 is 10.2 Å². The van der Waals surface area contributed by atoms with Crippen molar-refractivity contribution in [1.82, 2.24) is 0 Å². The number of hydrogen-bond donors (Lipinski definition) is 2. The number of aromatic hydroxyl groups is 2. The van der Waals surface area contributed by atoms with Gasteiger partial charge in [0.05, 0.1) is 0 Å². The Bertz CT molecular complexity index is 782. The summed E-state index contributed by atoms with van der Waals surface area (Å²) in [4.78, 5) is 0. The van der Waals surface area contributed by atoms with Crippen LogP contribution in [0.25, 0.3) is 11.1 Å². The van der Waals surface area contributed by atoms with Gasteiger partial charge in [-0.15, -0.1) is 0 Å². The van der Waals surface area contributed by atoms with E-state index < -0.39 is 0 Å². The molecule has 1 aliphatic carbocycles. The Morgan fingerprint density at radius 2 is 1.44 bits per heavy atom. The molecule has 0 unspecified atom stereocenters. The third-order valence-electron chi connectivity index (χ3n) is 4.87. The number of phenols is 2. The Morgan fingerprint density at radius 3 is 2.08 bits per heavy atom. The lowest BCUT2D eigenvalue weighted by Crippen LogP contribution is -1.95. The van der Waals surface area contributed by atoms with E-state index in [4.69, 9.17) is 0 Å². The topological polar surface area (TPSA) is 40.5 Å². The summed E-state index contributed by atoms with van der Waals surface area (Å²) >= 11 is 0. The van der Waals surface area contributed by atoms with Crippen molar-refractivity contribution in [2.45, 2.75) is 45.4 Å². The molecule has 2 nitrogen and oxygen atoms in total. The Balaban J connectivity index is 1.71. The van der Waals surface area contributed by atoms with Gasteiger partial charge in [0.1, 0.15) is 11.5 Å². The van der Waals surface area contributed by atoms with Crippen LogP contribution < -0.4 is 0 Å². The smallest absolute Gasteiger partial charge is 0.118 e. The summed E-state index contributed by atoms with van der Waals surface area (Å²) in [7, 11) is 0. The van der Waals surface area contributed by atoms with E-state index in [0.717, 1.165) is 31.2 Å². The maximum Gasteiger partial charge on any atom is 0.118 e. The Labute approximate surface area is 150 Å². The first kappa shape index (κ1) is 17.3. The molecular weight excluding hydrogens is 308 g/mol. The molecule has 0 atom stereocenters. The highest BCUT2D eigenvalue weighted by Gasteiger charge is 2.11. The number of allylic oxidation sites excluding steroid dienone is 4. The minimum absolute atomic E-state index is 0.302. The van der Waals surface area contributed by atoms with Crippen LogP contribution in [0.1, 0.15) is 55.7 Å². The average molecular weight is 334 g/mol. The lowest BCUT2D eigenvalue weighted by Gasteiger charge is -2.16. The van der Waals surface area contributed by atoms with Crippen molar-refractivity contribution in [2.24, 2.45) is 0 Å². The first-order valence-electron chi connectivity index (χ1n) is 9.17. The number of hydrogen-bond acceptors (Lipinski definition) is 2. The maximum atomic E-state index is 10.1. The van der Waals surface area contributed by atoms with E-state index in [-0.39, 0.29) is 0 Å². The average Bonchev–Trinajstić information content (AvgIpc) is 2.64. The molecule has 0 amide bonds. The van der Waals surface area contributed by atoms with Gasteiger partial charge >= 0.3 is 0 Å². The van der Waals surface area contributed by atoms with Crippen LogP contribution in [-0.2, 0) is 6.42 Å².